The number of anilines is 1. The van der Waals surface area contributed by atoms with Crippen LogP contribution in [0.4, 0.5) is 5.82 Å². The predicted octanol–water partition coefficient (Wildman–Crippen LogP) is 2.53. The van der Waals surface area contributed by atoms with E-state index in [0.717, 1.165) is 5.56 Å². The fourth-order valence-electron chi connectivity index (χ4n) is 3.64. The molecule has 10 heteroatoms. The standard InChI is InChI=1S/C22H25N5O5/c1-13-4-6-16(7-5-13)9-23-21-20-22(25-11-24-21)27(12-26-20)19-8-17(31-15(3)29)18(32-19)10-30-14(2)28/h4-7,11-12,17-19H,8-10H2,1-3H3,(H,23,24,25)/t17-,18-,19-/m1/s1. The topological polar surface area (TPSA) is 117 Å². The smallest absolute Gasteiger partial charge is 0.303 e. The number of carbonyl (C=O) groups is 2. The first-order valence-corrected chi connectivity index (χ1v) is 10.3. The van der Waals surface area contributed by atoms with Gasteiger partial charge in [0.05, 0.1) is 6.33 Å². The summed E-state index contributed by atoms with van der Waals surface area (Å²) >= 11 is 0. The van der Waals surface area contributed by atoms with Gasteiger partial charge in [-0.05, 0) is 12.5 Å². The summed E-state index contributed by atoms with van der Waals surface area (Å²) in [6.45, 7) is 5.29. The van der Waals surface area contributed by atoms with Crippen molar-refractivity contribution in [1.29, 1.82) is 0 Å². The minimum Gasteiger partial charge on any atom is -0.463 e. The lowest BCUT2D eigenvalue weighted by molar-refractivity contribution is -0.155. The van der Waals surface area contributed by atoms with Gasteiger partial charge in [-0.15, -0.1) is 0 Å². The number of hydrogen-bond acceptors (Lipinski definition) is 9. The zero-order valence-electron chi connectivity index (χ0n) is 18.1. The molecule has 3 aromatic rings. The summed E-state index contributed by atoms with van der Waals surface area (Å²) in [7, 11) is 0. The summed E-state index contributed by atoms with van der Waals surface area (Å²) in [5.41, 5.74) is 3.52. The summed E-state index contributed by atoms with van der Waals surface area (Å²) in [5.74, 6) is -0.239. The van der Waals surface area contributed by atoms with Crippen LogP contribution in [0.25, 0.3) is 11.2 Å². The van der Waals surface area contributed by atoms with Crippen LogP contribution in [-0.2, 0) is 30.3 Å². The molecule has 0 bridgehead atoms. The van der Waals surface area contributed by atoms with Gasteiger partial charge in [0.15, 0.2) is 17.0 Å². The Kier molecular flexibility index (Phi) is 6.31. The number of rotatable bonds is 7. The molecule has 0 aliphatic carbocycles. The van der Waals surface area contributed by atoms with E-state index in [4.69, 9.17) is 14.2 Å². The molecule has 0 unspecified atom stereocenters. The molecular formula is C22H25N5O5. The number of fused-ring (bicyclic) bond motifs is 1. The van der Waals surface area contributed by atoms with Gasteiger partial charge >= 0.3 is 11.9 Å². The summed E-state index contributed by atoms with van der Waals surface area (Å²) in [6, 6.07) is 8.24. The maximum Gasteiger partial charge on any atom is 0.303 e. The first kappa shape index (κ1) is 21.7. The average molecular weight is 439 g/mol. The highest BCUT2D eigenvalue weighted by molar-refractivity contribution is 5.82. The third kappa shape index (κ3) is 4.86. The molecule has 4 rings (SSSR count). The first-order valence-electron chi connectivity index (χ1n) is 10.3. The predicted molar refractivity (Wildman–Crippen MR) is 115 cm³/mol. The Morgan fingerprint density at radius 2 is 1.94 bits per heavy atom. The van der Waals surface area contributed by atoms with Crippen LogP contribution in [0.3, 0.4) is 0 Å². The van der Waals surface area contributed by atoms with Crippen LogP contribution in [0, 0.1) is 6.92 Å². The lowest BCUT2D eigenvalue weighted by Crippen LogP contribution is -2.31. The van der Waals surface area contributed by atoms with Crippen LogP contribution in [-0.4, -0.2) is 50.3 Å². The fourth-order valence-corrected chi connectivity index (χ4v) is 3.64. The van der Waals surface area contributed by atoms with Crippen LogP contribution in [0.1, 0.15) is 37.6 Å². The number of nitrogens with one attached hydrogen (secondary N) is 1. The molecule has 1 saturated heterocycles. The molecule has 168 valence electrons. The number of aromatic nitrogens is 4. The van der Waals surface area contributed by atoms with Gasteiger partial charge in [-0.1, -0.05) is 29.8 Å². The number of esters is 2. The number of imidazole rings is 1. The van der Waals surface area contributed by atoms with E-state index in [0.29, 0.717) is 29.9 Å². The average Bonchev–Trinajstić information content (AvgIpc) is 3.35. The van der Waals surface area contributed by atoms with Crippen molar-refractivity contribution >= 4 is 28.9 Å². The molecule has 1 aromatic carbocycles. The molecule has 1 aliphatic heterocycles. The second kappa shape index (κ2) is 9.31. The molecular weight excluding hydrogens is 414 g/mol. The van der Waals surface area contributed by atoms with Gasteiger partial charge in [0.1, 0.15) is 31.4 Å². The SMILES string of the molecule is CC(=O)OC[C@H]1O[C@@H](n2cnc3c(NCc4ccc(C)cc4)ncnc32)C[C@H]1OC(C)=O. The van der Waals surface area contributed by atoms with Gasteiger partial charge in [0, 0.05) is 26.8 Å². The monoisotopic (exact) mass is 439 g/mol. The van der Waals surface area contributed by atoms with Crippen LogP contribution < -0.4 is 5.32 Å². The molecule has 32 heavy (non-hydrogen) atoms. The zero-order chi connectivity index (χ0) is 22.7. The van der Waals surface area contributed by atoms with Crippen molar-refractivity contribution < 1.29 is 23.8 Å². The zero-order valence-corrected chi connectivity index (χ0v) is 18.1. The Hall–Kier alpha value is -3.53. The van der Waals surface area contributed by atoms with Crippen LogP contribution in [0.15, 0.2) is 36.9 Å². The minimum atomic E-state index is -0.578. The van der Waals surface area contributed by atoms with E-state index in [2.05, 4.69) is 44.5 Å². The summed E-state index contributed by atoms with van der Waals surface area (Å²) in [5, 5.41) is 3.31. The minimum absolute atomic E-state index is 0.00521. The molecule has 0 spiro atoms. The summed E-state index contributed by atoms with van der Waals surface area (Å²) < 4.78 is 18.3. The van der Waals surface area contributed by atoms with Crippen molar-refractivity contribution in [3.8, 4) is 0 Å². The van der Waals surface area contributed by atoms with Gasteiger partial charge in [0.2, 0.25) is 0 Å². The molecule has 1 aliphatic rings. The Morgan fingerprint density at radius 1 is 1.16 bits per heavy atom. The van der Waals surface area contributed by atoms with Crippen molar-refractivity contribution in [2.75, 3.05) is 11.9 Å². The number of hydrogen-bond donors (Lipinski definition) is 1. The Labute approximate surface area is 184 Å². The number of carbonyl (C=O) groups excluding carboxylic acids is 2. The molecule has 1 N–H and O–H groups in total. The largest absolute Gasteiger partial charge is 0.463 e. The molecule has 10 nitrogen and oxygen atoms in total. The number of ether oxygens (including phenoxy) is 3. The van der Waals surface area contributed by atoms with Crippen molar-refractivity contribution in [1.82, 2.24) is 19.5 Å². The van der Waals surface area contributed by atoms with Crippen molar-refractivity contribution in [2.45, 2.75) is 52.2 Å². The molecule has 2 aromatic heterocycles. The lowest BCUT2D eigenvalue weighted by atomic mass is 10.1. The van der Waals surface area contributed by atoms with Gasteiger partial charge < -0.3 is 19.5 Å². The summed E-state index contributed by atoms with van der Waals surface area (Å²) in [6.07, 6.45) is 1.87. The highest BCUT2D eigenvalue weighted by Gasteiger charge is 2.40. The van der Waals surface area contributed by atoms with Crippen LogP contribution >= 0.6 is 0 Å². The van der Waals surface area contributed by atoms with E-state index in [1.165, 1.54) is 25.7 Å². The molecule has 3 atom stereocenters. The highest BCUT2D eigenvalue weighted by Crippen LogP contribution is 2.33. The number of aryl methyl sites for hydroxylation is 1. The van der Waals surface area contributed by atoms with E-state index in [9.17, 15) is 9.59 Å². The third-order valence-electron chi connectivity index (χ3n) is 5.20. The van der Waals surface area contributed by atoms with Gasteiger partial charge in [-0.25, -0.2) is 15.0 Å². The number of benzene rings is 1. The lowest BCUT2D eigenvalue weighted by Gasteiger charge is -2.17. The van der Waals surface area contributed by atoms with Gasteiger partial charge in [-0.3, -0.25) is 14.2 Å². The fraction of sp³-hybridized carbons (Fsp3) is 0.409. The first-order chi connectivity index (χ1) is 15.4. The quantitative estimate of drug-likeness (QED) is 0.554. The number of nitrogens with zero attached hydrogens (tertiary/aromatic N) is 4. The van der Waals surface area contributed by atoms with Gasteiger partial charge in [0.25, 0.3) is 0 Å². The normalized spacial score (nSPS) is 20.3. The molecule has 0 radical (unpaired) electrons. The van der Waals surface area contributed by atoms with E-state index < -0.39 is 30.4 Å². The molecule has 3 heterocycles. The second-order valence-corrected chi connectivity index (χ2v) is 7.70. The second-order valence-electron chi connectivity index (χ2n) is 7.70. The Balaban J connectivity index is 1.53. The summed E-state index contributed by atoms with van der Waals surface area (Å²) in [4.78, 5) is 35.9. The third-order valence-corrected chi connectivity index (χ3v) is 5.20. The van der Waals surface area contributed by atoms with Gasteiger partial charge in [-0.2, -0.15) is 0 Å². The molecule has 1 fully saturated rings. The maximum atomic E-state index is 11.5. The van der Waals surface area contributed by atoms with E-state index >= 15 is 0 Å². The van der Waals surface area contributed by atoms with Crippen molar-refractivity contribution in [2.24, 2.45) is 0 Å². The molecule has 0 amide bonds. The van der Waals surface area contributed by atoms with E-state index in [1.807, 2.05) is 6.92 Å². The highest BCUT2D eigenvalue weighted by atomic mass is 16.6. The van der Waals surface area contributed by atoms with Crippen molar-refractivity contribution in [3.63, 3.8) is 0 Å². The van der Waals surface area contributed by atoms with E-state index in [1.54, 1.807) is 10.9 Å². The van der Waals surface area contributed by atoms with Crippen LogP contribution in [0.5, 0.6) is 0 Å². The van der Waals surface area contributed by atoms with Crippen molar-refractivity contribution in [3.05, 3.63) is 48.0 Å². The van der Waals surface area contributed by atoms with E-state index in [-0.39, 0.29) is 6.61 Å². The Morgan fingerprint density at radius 3 is 2.66 bits per heavy atom. The van der Waals surface area contributed by atoms with Crippen LogP contribution in [0.2, 0.25) is 0 Å². The molecule has 0 saturated carbocycles. The maximum absolute atomic E-state index is 11.5. The Bertz CT molecular complexity index is 1110.